The van der Waals surface area contributed by atoms with Crippen molar-refractivity contribution in [2.24, 2.45) is 0 Å². The first kappa shape index (κ1) is 13.0. The molecule has 0 aliphatic heterocycles. The van der Waals surface area contributed by atoms with Crippen LogP contribution >= 0.6 is 0 Å². The van der Waals surface area contributed by atoms with Crippen molar-refractivity contribution in [3.8, 4) is 5.82 Å². The third-order valence-electron chi connectivity index (χ3n) is 2.46. The van der Waals surface area contributed by atoms with Crippen LogP contribution in [-0.2, 0) is 0 Å². The Balaban J connectivity index is 2.21. The van der Waals surface area contributed by atoms with Gasteiger partial charge < -0.3 is 10.6 Å². The summed E-state index contributed by atoms with van der Waals surface area (Å²) in [6.45, 7) is 2.88. The normalized spacial score (nSPS) is 10.2. The van der Waals surface area contributed by atoms with E-state index in [1.165, 1.54) is 0 Å². The van der Waals surface area contributed by atoms with Gasteiger partial charge in [0, 0.05) is 32.1 Å². The van der Waals surface area contributed by atoms with E-state index in [2.05, 4.69) is 32.6 Å². The first-order valence-corrected chi connectivity index (χ1v) is 6.09. The summed E-state index contributed by atoms with van der Waals surface area (Å²) in [4.78, 5) is 19.9. The Kier molecular flexibility index (Phi) is 4.07. The van der Waals surface area contributed by atoms with Crippen LogP contribution in [-0.4, -0.2) is 39.2 Å². The zero-order chi connectivity index (χ0) is 13.7. The highest BCUT2D eigenvalue weighted by Gasteiger charge is 2.09. The van der Waals surface area contributed by atoms with E-state index in [4.69, 9.17) is 0 Å². The average molecular weight is 260 g/mol. The van der Waals surface area contributed by atoms with Crippen molar-refractivity contribution >= 4 is 11.9 Å². The number of carbonyl (C=O) groups is 1. The molecule has 0 aromatic carbocycles. The fraction of sp³-hybridized carbons (Fsp3) is 0.333. The van der Waals surface area contributed by atoms with Crippen molar-refractivity contribution in [1.82, 2.24) is 25.1 Å². The van der Waals surface area contributed by atoms with Crippen molar-refractivity contribution in [2.75, 3.05) is 18.9 Å². The van der Waals surface area contributed by atoms with E-state index in [-0.39, 0.29) is 5.91 Å². The largest absolute Gasteiger partial charge is 0.354 e. The quantitative estimate of drug-likeness (QED) is 0.832. The topological polar surface area (TPSA) is 84.7 Å². The van der Waals surface area contributed by atoms with E-state index in [1.807, 2.05) is 0 Å². The van der Waals surface area contributed by atoms with Gasteiger partial charge in [0.2, 0.25) is 5.95 Å². The molecule has 0 fully saturated rings. The van der Waals surface area contributed by atoms with Crippen molar-refractivity contribution in [2.45, 2.75) is 13.3 Å². The van der Waals surface area contributed by atoms with Gasteiger partial charge in [-0.25, -0.2) is 9.67 Å². The maximum absolute atomic E-state index is 11.4. The van der Waals surface area contributed by atoms with Gasteiger partial charge in [0.15, 0.2) is 11.5 Å². The van der Waals surface area contributed by atoms with Crippen LogP contribution in [0.15, 0.2) is 24.5 Å². The van der Waals surface area contributed by atoms with Gasteiger partial charge in [0.05, 0.1) is 0 Å². The molecule has 0 atom stereocenters. The van der Waals surface area contributed by atoms with E-state index in [0.29, 0.717) is 17.5 Å². The highest BCUT2D eigenvalue weighted by Crippen LogP contribution is 2.07. The Morgan fingerprint density at radius 2 is 2.26 bits per heavy atom. The van der Waals surface area contributed by atoms with E-state index in [0.717, 1.165) is 13.0 Å². The van der Waals surface area contributed by atoms with Crippen LogP contribution in [0.25, 0.3) is 5.82 Å². The summed E-state index contributed by atoms with van der Waals surface area (Å²) < 4.78 is 1.55. The molecule has 0 saturated heterocycles. The third-order valence-corrected chi connectivity index (χ3v) is 2.46. The van der Waals surface area contributed by atoms with Gasteiger partial charge in [0.1, 0.15) is 0 Å². The minimum atomic E-state index is -0.225. The molecule has 19 heavy (non-hydrogen) atoms. The van der Waals surface area contributed by atoms with Crippen molar-refractivity contribution in [1.29, 1.82) is 0 Å². The molecule has 2 heterocycles. The Morgan fingerprint density at radius 1 is 1.42 bits per heavy atom. The molecule has 0 saturated carbocycles. The number of aromatic nitrogens is 4. The maximum atomic E-state index is 11.4. The lowest BCUT2D eigenvalue weighted by molar-refractivity contribution is 0.0957. The number of hydrogen-bond donors (Lipinski definition) is 2. The summed E-state index contributed by atoms with van der Waals surface area (Å²) in [5.41, 5.74) is 0.351. The minimum absolute atomic E-state index is 0.225. The van der Waals surface area contributed by atoms with E-state index < -0.39 is 0 Å². The summed E-state index contributed by atoms with van der Waals surface area (Å²) in [7, 11) is 1.57. The van der Waals surface area contributed by atoms with E-state index in [9.17, 15) is 4.79 Å². The molecular formula is C12H16N6O. The van der Waals surface area contributed by atoms with Gasteiger partial charge in [-0.15, -0.1) is 0 Å². The van der Waals surface area contributed by atoms with Crippen molar-refractivity contribution in [3.63, 3.8) is 0 Å². The Labute approximate surface area is 111 Å². The molecule has 0 unspecified atom stereocenters. The fourth-order valence-corrected chi connectivity index (χ4v) is 1.50. The smallest absolute Gasteiger partial charge is 0.271 e. The van der Waals surface area contributed by atoms with Gasteiger partial charge in [0.25, 0.3) is 5.91 Å². The van der Waals surface area contributed by atoms with Gasteiger partial charge >= 0.3 is 0 Å². The fourth-order valence-electron chi connectivity index (χ4n) is 1.50. The average Bonchev–Trinajstić information content (AvgIpc) is 2.94. The lowest BCUT2D eigenvalue weighted by atomic mass is 10.4. The highest BCUT2D eigenvalue weighted by molar-refractivity contribution is 5.91. The molecule has 7 heteroatoms. The molecular weight excluding hydrogens is 244 g/mol. The molecule has 0 aliphatic rings. The second-order valence-electron chi connectivity index (χ2n) is 3.89. The Bertz CT molecular complexity index is 565. The number of carbonyl (C=O) groups excluding carboxylic acids is 1. The number of hydrogen-bond acceptors (Lipinski definition) is 5. The molecule has 0 aliphatic carbocycles. The van der Waals surface area contributed by atoms with Crippen LogP contribution in [0.1, 0.15) is 23.8 Å². The van der Waals surface area contributed by atoms with Crippen LogP contribution in [0.4, 0.5) is 5.95 Å². The molecule has 2 aromatic heterocycles. The molecule has 2 rings (SSSR count). The summed E-state index contributed by atoms with van der Waals surface area (Å²) in [5.74, 6) is 0.942. The predicted molar refractivity (Wildman–Crippen MR) is 71.3 cm³/mol. The Morgan fingerprint density at radius 3 is 3.00 bits per heavy atom. The number of amides is 1. The first-order chi connectivity index (χ1) is 9.24. The van der Waals surface area contributed by atoms with Gasteiger partial charge in [-0.05, 0) is 12.5 Å². The number of rotatable bonds is 5. The first-order valence-electron chi connectivity index (χ1n) is 6.09. The van der Waals surface area contributed by atoms with Crippen LogP contribution < -0.4 is 10.6 Å². The van der Waals surface area contributed by atoms with Crippen LogP contribution in [0, 0.1) is 0 Å². The van der Waals surface area contributed by atoms with E-state index in [1.54, 1.807) is 36.3 Å². The standard InChI is InChI=1S/C12H16N6O/c1-3-6-14-12-15-7-4-10(16-12)18-8-5-9(17-18)11(19)13-2/h4-5,7-8H,3,6H2,1-2H3,(H,13,19)(H,14,15,16). The van der Waals surface area contributed by atoms with Crippen LogP contribution in [0.3, 0.4) is 0 Å². The summed E-state index contributed by atoms with van der Waals surface area (Å²) in [6.07, 6.45) is 4.34. The second-order valence-corrected chi connectivity index (χ2v) is 3.89. The third kappa shape index (κ3) is 3.06. The zero-order valence-corrected chi connectivity index (χ0v) is 10.9. The predicted octanol–water partition coefficient (Wildman–Crippen LogP) is 0.844. The van der Waals surface area contributed by atoms with Crippen molar-refractivity contribution in [3.05, 3.63) is 30.2 Å². The second kappa shape index (κ2) is 5.94. The summed E-state index contributed by atoms with van der Waals surface area (Å²) in [5, 5.41) is 9.79. The lowest BCUT2D eigenvalue weighted by Gasteiger charge is -2.04. The minimum Gasteiger partial charge on any atom is -0.354 e. The van der Waals surface area contributed by atoms with Gasteiger partial charge in [-0.3, -0.25) is 4.79 Å². The highest BCUT2D eigenvalue weighted by atomic mass is 16.1. The molecule has 0 spiro atoms. The van der Waals surface area contributed by atoms with Gasteiger partial charge in [-0.1, -0.05) is 6.92 Å². The number of anilines is 1. The van der Waals surface area contributed by atoms with E-state index >= 15 is 0 Å². The molecule has 1 amide bonds. The Hall–Kier alpha value is -2.44. The van der Waals surface area contributed by atoms with Crippen molar-refractivity contribution < 1.29 is 4.79 Å². The molecule has 2 N–H and O–H groups in total. The summed E-state index contributed by atoms with van der Waals surface area (Å²) >= 11 is 0. The zero-order valence-electron chi connectivity index (χ0n) is 10.9. The number of nitrogens with zero attached hydrogens (tertiary/aromatic N) is 4. The van der Waals surface area contributed by atoms with Gasteiger partial charge in [-0.2, -0.15) is 10.1 Å². The SMILES string of the molecule is CCCNc1nccc(-n2ccc(C(=O)NC)n2)n1. The molecule has 7 nitrogen and oxygen atoms in total. The molecule has 100 valence electrons. The maximum Gasteiger partial charge on any atom is 0.271 e. The molecule has 2 aromatic rings. The van der Waals surface area contributed by atoms with Crippen LogP contribution in [0.2, 0.25) is 0 Å². The lowest BCUT2D eigenvalue weighted by Crippen LogP contribution is -2.18. The van der Waals surface area contributed by atoms with Crippen LogP contribution in [0.5, 0.6) is 0 Å². The summed E-state index contributed by atoms with van der Waals surface area (Å²) in [6, 6.07) is 3.37. The molecule has 0 bridgehead atoms. The number of nitrogens with one attached hydrogen (secondary N) is 2. The molecule has 0 radical (unpaired) electrons. The monoisotopic (exact) mass is 260 g/mol.